The molecule has 20 heavy (non-hydrogen) atoms. The summed E-state index contributed by atoms with van der Waals surface area (Å²) in [6.07, 6.45) is 9.55. The molecule has 0 amide bonds. The maximum atomic E-state index is 11.4. The number of hydrogen-bond acceptors (Lipinski definition) is 2. The van der Waals surface area contributed by atoms with Crippen LogP contribution in [0.5, 0.6) is 0 Å². The molecule has 0 aromatic heterocycles. The molecule has 3 unspecified atom stereocenters. The molecule has 0 aliphatic heterocycles. The number of rotatable bonds is 2. The number of nitrogens with two attached hydrogens (primary N) is 1. The molecule has 0 radical (unpaired) electrons. The van der Waals surface area contributed by atoms with Gasteiger partial charge in [-0.25, -0.2) is 0 Å². The average Bonchev–Trinajstić information content (AvgIpc) is 2.98. The number of fused-ring (bicyclic) bond motifs is 2. The molecule has 3 fully saturated rings. The van der Waals surface area contributed by atoms with Crippen LogP contribution in [0.4, 0.5) is 0 Å². The van der Waals surface area contributed by atoms with Gasteiger partial charge in [-0.1, -0.05) is 27.2 Å². The summed E-state index contributed by atoms with van der Waals surface area (Å²) in [5.41, 5.74) is 6.20. The van der Waals surface area contributed by atoms with Gasteiger partial charge in [0.1, 0.15) is 0 Å². The fourth-order valence-corrected chi connectivity index (χ4v) is 5.91. The molecule has 0 aromatic carbocycles. The van der Waals surface area contributed by atoms with Crippen LogP contribution in [0, 0.1) is 28.6 Å². The molecular formula is C18H33NO. The van der Waals surface area contributed by atoms with Crippen molar-refractivity contribution in [2.45, 2.75) is 77.7 Å². The fraction of sp³-hybridized carbons (Fsp3) is 1.00. The predicted octanol–water partition coefficient (Wildman–Crippen LogP) is 3.72. The van der Waals surface area contributed by atoms with Gasteiger partial charge in [-0.3, -0.25) is 0 Å². The lowest BCUT2D eigenvalue weighted by Crippen LogP contribution is -2.57. The van der Waals surface area contributed by atoms with Crippen LogP contribution in [0.3, 0.4) is 0 Å². The Morgan fingerprint density at radius 1 is 1.10 bits per heavy atom. The molecule has 3 atom stereocenters. The summed E-state index contributed by atoms with van der Waals surface area (Å²) < 4.78 is 0. The first-order valence-electron chi connectivity index (χ1n) is 8.73. The largest absolute Gasteiger partial charge is 0.389 e. The summed E-state index contributed by atoms with van der Waals surface area (Å²) in [6, 6.07) is 0. The zero-order valence-electron chi connectivity index (χ0n) is 13.6. The van der Waals surface area contributed by atoms with Gasteiger partial charge in [0, 0.05) is 12.0 Å². The highest BCUT2D eigenvalue weighted by molar-refractivity contribution is 5.12. The summed E-state index contributed by atoms with van der Waals surface area (Å²) in [6.45, 7) is 7.74. The van der Waals surface area contributed by atoms with E-state index in [9.17, 15) is 5.11 Å². The molecule has 2 heteroatoms. The highest BCUT2D eigenvalue weighted by atomic mass is 16.3. The van der Waals surface area contributed by atoms with Gasteiger partial charge in [0.15, 0.2) is 0 Å². The quantitative estimate of drug-likeness (QED) is 0.809. The minimum absolute atomic E-state index is 0.0543. The lowest BCUT2D eigenvalue weighted by Gasteiger charge is -2.54. The van der Waals surface area contributed by atoms with Crippen molar-refractivity contribution in [1.82, 2.24) is 0 Å². The Labute approximate surface area is 124 Å². The summed E-state index contributed by atoms with van der Waals surface area (Å²) in [4.78, 5) is 0. The molecule has 0 spiro atoms. The Balaban J connectivity index is 1.77. The van der Waals surface area contributed by atoms with E-state index in [0.29, 0.717) is 17.9 Å². The monoisotopic (exact) mass is 279 g/mol. The predicted molar refractivity (Wildman–Crippen MR) is 83.3 cm³/mol. The second-order valence-corrected chi connectivity index (χ2v) is 9.11. The van der Waals surface area contributed by atoms with Gasteiger partial charge in [0.2, 0.25) is 0 Å². The lowest BCUT2D eigenvalue weighted by atomic mass is 9.55. The maximum Gasteiger partial charge on any atom is 0.0718 e. The van der Waals surface area contributed by atoms with Gasteiger partial charge in [-0.15, -0.1) is 0 Å². The van der Waals surface area contributed by atoms with Crippen LogP contribution >= 0.6 is 0 Å². The van der Waals surface area contributed by atoms with Crippen LogP contribution in [0.1, 0.15) is 72.1 Å². The first-order chi connectivity index (χ1) is 9.31. The van der Waals surface area contributed by atoms with Gasteiger partial charge >= 0.3 is 0 Å². The maximum absolute atomic E-state index is 11.4. The van der Waals surface area contributed by atoms with E-state index >= 15 is 0 Å². The topological polar surface area (TPSA) is 46.2 Å². The Morgan fingerprint density at radius 3 is 2.15 bits per heavy atom. The molecule has 2 nitrogen and oxygen atoms in total. The van der Waals surface area contributed by atoms with Crippen molar-refractivity contribution in [1.29, 1.82) is 0 Å². The molecular weight excluding hydrogens is 246 g/mol. The van der Waals surface area contributed by atoms with Crippen molar-refractivity contribution in [2.75, 3.05) is 6.54 Å². The summed E-state index contributed by atoms with van der Waals surface area (Å²) in [5, 5.41) is 11.4. The van der Waals surface area contributed by atoms with E-state index in [1.54, 1.807) is 0 Å². The lowest BCUT2D eigenvalue weighted by molar-refractivity contribution is -0.142. The second kappa shape index (κ2) is 4.71. The zero-order chi connectivity index (χ0) is 14.6. The van der Waals surface area contributed by atoms with Gasteiger partial charge in [-0.2, -0.15) is 0 Å². The van der Waals surface area contributed by atoms with Crippen molar-refractivity contribution in [3.05, 3.63) is 0 Å². The third-order valence-electron chi connectivity index (χ3n) is 7.30. The van der Waals surface area contributed by atoms with E-state index in [0.717, 1.165) is 24.7 Å². The number of aliphatic hydroxyl groups is 1. The van der Waals surface area contributed by atoms with Crippen molar-refractivity contribution >= 4 is 0 Å². The van der Waals surface area contributed by atoms with E-state index in [4.69, 9.17) is 5.73 Å². The van der Waals surface area contributed by atoms with Crippen LogP contribution in [-0.2, 0) is 0 Å². The van der Waals surface area contributed by atoms with Crippen LogP contribution in [-0.4, -0.2) is 17.3 Å². The smallest absolute Gasteiger partial charge is 0.0718 e. The zero-order valence-corrected chi connectivity index (χ0v) is 13.6. The first kappa shape index (κ1) is 14.8. The summed E-state index contributed by atoms with van der Waals surface area (Å²) in [5.74, 6) is 2.32. The molecule has 116 valence electrons. The third-order valence-corrected chi connectivity index (χ3v) is 7.30. The van der Waals surface area contributed by atoms with Crippen molar-refractivity contribution in [2.24, 2.45) is 34.3 Å². The van der Waals surface area contributed by atoms with Crippen LogP contribution < -0.4 is 5.73 Å². The highest BCUT2D eigenvalue weighted by Crippen LogP contribution is 2.63. The molecule has 2 bridgehead atoms. The van der Waals surface area contributed by atoms with E-state index in [2.05, 4.69) is 20.8 Å². The Bertz CT molecular complexity index is 364. The van der Waals surface area contributed by atoms with Crippen molar-refractivity contribution < 1.29 is 5.11 Å². The van der Waals surface area contributed by atoms with E-state index in [-0.39, 0.29) is 5.41 Å². The highest BCUT2D eigenvalue weighted by Gasteiger charge is 2.61. The van der Waals surface area contributed by atoms with E-state index in [1.165, 1.54) is 38.5 Å². The molecule has 3 aliphatic carbocycles. The summed E-state index contributed by atoms with van der Waals surface area (Å²) in [7, 11) is 0. The minimum atomic E-state index is -0.469. The second-order valence-electron chi connectivity index (χ2n) is 9.11. The Kier molecular flexibility index (Phi) is 3.49. The minimum Gasteiger partial charge on any atom is -0.389 e. The third kappa shape index (κ3) is 2.06. The van der Waals surface area contributed by atoms with Crippen molar-refractivity contribution in [3.63, 3.8) is 0 Å². The van der Waals surface area contributed by atoms with E-state index in [1.807, 2.05) is 0 Å². The van der Waals surface area contributed by atoms with Crippen LogP contribution in [0.2, 0.25) is 0 Å². The average molecular weight is 279 g/mol. The molecule has 3 rings (SSSR count). The van der Waals surface area contributed by atoms with Crippen molar-refractivity contribution in [3.8, 4) is 0 Å². The molecule has 0 saturated heterocycles. The van der Waals surface area contributed by atoms with Crippen LogP contribution in [0.15, 0.2) is 0 Å². The SMILES string of the molecule is CC(C)(C)C1CCC(O)(C2(CN)CC3CCC2C3)CC1. The Morgan fingerprint density at radius 2 is 1.75 bits per heavy atom. The molecule has 3 aliphatic rings. The van der Waals surface area contributed by atoms with Crippen LogP contribution in [0.25, 0.3) is 0 Å². The fourth-order valence-electron chi connectivity index (χ4n) is 5.91. The van der Waals surface area contributed by atoms with Gasteiger partial charge in [0.25, 0.3) is 0 Å². The van der Waals surface area contributed by atoms with E-state index < -0.39 is 5.60 Å². The molecule has 0 aromatic rings. The first-order valence-corrected chi connectivity index (χ1v) is 8.73. The van der Waals surface area contributed by atoms with Gasteiger partial charge in [0.05, 0.1) is 5.60 Å². The molecule has 3 saturated carbocycles. The van der Waals surface area contributed by atoms with Gasteiger partial charge in [-0.05, 0) is 68.1 Å². The normalized spacial score (nSPS) is 48.8. The summed E-state index contributed by atoms with van der Waals surface area (Å²) >= 11 is 0. The van der Waals surface area contributed by atoms with Gasteiger partial charge < -0.3 is 10.8 Å². The molecule has 3 N–H and O–H groups in total. The standard InChI is InChI=1S/C18H33NO/c1-16(2,3)14-6-8-18(20,9-7-14)17(12-19)11-13-4-5-15(17)10-13/h13-15,20H,4-12,19H2,1-3H3. The molecule has 0 heterocycles. The Hall–Kier alpha value is -0.0800. The number of hydrogen-bond donors (Lipinski definition) is 2.